The largest absolute Gasteiger partial charge is 0.321 e. The predicted molar refractivity (Wildman–Crippen MR) is 47.6 cm³/mol. The first kappa shape index (κ1) is 7.88. The monoisotopic (exact) mass is 164 g/mol. The molecule has 0 fully saturated rings. The number of hydrogen-bond acceptors (Lipinski definition) is 2. The third-order valence-electron chi connectivity index (χ3n) is 1.07. The molecule has 0 aliphatic rings. The summed E-state index contributed by atoms with van der Waals surface area (Å²) in [5.41, 5.74) is 0.638. The van der Waals surface area contributed by atoms with E-state index in [1.807, 2.05) is 12.1 Å². The van der Waals surface area contributed by atoms with Crippen molar-refractivity contribution < 1.29 is 4.79 Å². The van der Waals surface area contributed by atoms with Gasteiger partial charge in [-0.15, -0.1) is 0 Å². The van der Waals surface area contributed by atoms with Gasteiger partial charge in [-0.1, -0.05) is 30.4 Å². The standard InChI is InChI=1S/C8H6NOS/c10-8(6-11)9-7-4-2-1-3-5-7/h1-4,6H,(H,9,10). The average molecular weight is 164 g/mol. The Labute approximate surface area is 70.2 Å². The highest BCUT2D eigenvalue weighted by atomic mass is 32.1. The van der Waals surface area contributed by atoms with Crippen LogP contribution in [0.15, 0.2) is 24.3 Å². The van der Waals surface area contributed by atoms with E-state index in [1.54, 1.807) is 12.1 Å². The van der Waals surface area contributed by atoms with Crippen LogP contribution in [0.1, 0.15) is 0 Å². The zero-order chi connectivity index (χ0) is 8.10. The third kappa shape index (κ3) is 2.47. The van der Waals surface area contributed by atoms with Crippen LogP contribution in [-0.4, -0.2) is 11.3 Å². The van der Waals surface area contributed by atoms with Crippen LogP contribution < -0.4 is 5.32 Å². The van der Waals surface area contributed by atoms with Gasteiger partial charge in [-0.3, -0.25) is 4.79 Å². The molecule has 0 aliphatic carbocycles. The summed E-state index contributed by atoms with van der Waals surface area (Å²) in [5.74, 6) is -0.289. The minimum Gasteiger partial charge on any atom is -0.321 e. The average Bonchev–Trinajstić information content (AvgIpc) is 2.06. The van der Waals surface area contributed by atoms with Crippen molar-refractivity contribution in [3.8, 4) is 0 Å². The molecular weight excluding hydrogens is 158 g/mol. The van der Waals surface area contributed by atoms with Crippen LogP contribution in [0.2, 0.25) is 0 Å². The van der Waals surface area contributed by atoms with Crippen molar-refractivity contribution in [2.24, 2.45) is 0 Å². The Hall–Kier alpha value is -1.22. The molecule has 1 radical (unpaired) electrons. The minimum atomic E-state index is -0.289. The second kappa shape index (κ2) is 3.83. The van der Waals surface area contributed by atoms with Crippen LogP contribution in [0.25, 0.3) is 0 Å². The fourth-order valence-electron chi connectivity index (χ4n) is 0.633. The number of hydrogen-bond donors (Lipinski definition) is 1. The van der Waals surface area contributed by atoms with E-state index in [2.05, 4.69) is 23.6 Å². The lowest BCUT2D eigenvalue weighted by Gasteiger charge is -1.97. The smallest absolute Gasteiger partial charge is 0.259 e. The second-order valence-corrected chi connectivity index (χ2v) is 2.12. The number of para-hydroxylation sites is 1. The summed E-state index contributed by atoms with van der Waals surface area (Å²) >= 11 is 4.42. The van der Waals surface area contributed by atoms with Gasteiger partial charge in [0.2, 0.25) is 0 Å². The zero-order valence-corrected chi connectivity index (χ0v) is 6.52. The molecule has 2 nitrogen and oxygen atoms in total. The summed E-state index contributed by atoms with van der Waals surface area (Å²) < 4.78 is 0. The molecular formula is C8H6NOS. The highest BCUT2D eigenvalue weighted by Gasteiger charge is 1.94. The molecule has 0 atom stereocenters. The summed E-state index contributed by atoms with van der Waals surface area (Å²) in [6.45, 7) is 0. The van der Waals surface area contributed by atoms with Crippen LogP contribution in [0.4, 0.5) is 5.69 Å². The molecule has 0 heterocycles. The first-order valence-corrected chi connectivity index (χ1v) is 3.53. The van der Waals surface area contributed by atoms with Crippen LogP contribution in [0, 0.1) is 6.07 Å². The van der Waals surface area contributed by atoms with Crippen molar-refractivity contribution in [3.05, 3.63) is 30.3 Å². The lowest BCUT2D eigenvalue weighted by atomic mass is 10.3. The van der Waals surface area contributed by atoms with E-state index in [0.717, 1.165) is 5.37 Å². The van der Waals surface area contributed by atoms with Crippen molar-refractivity contribution in [2.75, 3.05) is 5.32 Å². The van der Waals surface area contributed by atoms with E-state index >= 15 is 0 Å². The van der Waals surface area contributed by atoms with Gasteiger partial charge in [-0.05, 0) is 6.07 Å². The number of carbonyl (C=O) groups excluding carboxylic acids is 1. The molecule has 0 aromatic heterocycles. The molecule has 1 aromatic rings. The van der Waals surface area contributed by atoms with Gasteiger partial charge in [0.1, 0.15) is 0 Å². The molecule has 1 aromatic carbocycles. The van der Waals surface area contributed by atoms with Crippen molar-refractivity contribution in [3.63, 3.8) is 0 Å². The normalized spacial score (nSPS) is 8.73. The molecule has 1 amide bonds. The first-order chi connectivity index (χ1) is 5.33. The quantitative estimate of drug-likeness (QED) is 0.670. The van der Waals surface area contributed by atoms with Gasteiger partial charge in [-0.2, -0.15) is 0 Å². The number of anilines is 1. The molecule has 1 rings (SSSR count). The maximum Gasteiger partial charge on any atom is 0.259 e. The Morgan fingerprint density at radius 1 is 1.64 bits per heavy atom. The van der Waals surface area contributed by atoms with Gasteiger partial charge in [-0.25, -0.2) is 0 Å². The number of nitrogens with one attached hydrogen (secondary N) is 1. The van der Waals surface area contributed by atoms with Crippen molar-refractivity contribution in [1.82, 2.24) is 0 Å². The Balaban J connectivity index is 2.65. The van der Waals surface area contributed by atoms with Gasteiger partial charge in [0.25, 0.3) is 5.91 Å². The Kier molecular flexibility index (Phi) is 2.74. The Morgan fingerprint density at radius 3 is 3.00 bits per heavy atom. The SMILES string of the molecule is O=C(C=S)Nc1[c]cccc1. The lowest BCUT2D eigenvalue weighted by Crippen LogP contribution is -2.10. The molecule has 1 N–H and O–H groups in total. The zero-order valence-electron chi connectivity index (χ0n) is 5.70. The fourth-order valence-corrected chi connectivity index (χ4v) is 0.692. The molecule has 0 aliphatic heterocycles. The molecule has 0 unspecified atom stereocenters. The van der Waals surface area contributed by atoms with E-state index in [1.165, 1.54) is 0 Å². The summed E-state index contributed by atoms with van der Waals surface area (Å²) in [5, 5.41) is 3.59. The van der Waals surface area contributed by atoms with Crippen LogP contribution in [-0.2, 0) is 4.79 Å². The molecule has 0 bridgehead atoms. The molecule has 0 saturated carbocycles. The van der Waals surface area contributed by atoms with Gasteiger partial charge in [0.15, 0.2) is 0 Å². The van der Waals surface area contributed by atoms with Crippen LogP contribution in [0.5, 0.6) is 0 Å². The second-order valence-electron chi connectivity index (χ2n) is 1.88. The predicted octanol–water partition coefficient (Wildman–Crippen LogP) is 1.42. The van der Waals surface area contributed by atoms with Crippen molar-refractivity contribution in [1.29, 1.82) is 0 Å². The van der Waals surface area contributed by atoms with E-state index in [9.17, 15) is 4.79 Å². The number of rotatable bonds is 2. The van der Waals surface area contributed by atoms with Crippen LogP contribution >= 0.6 is 12.2 Å². The summed E-state index contributed by atoms with van der Waals surface area (Å²) in [7, 11) is 0. The maximum atomic E-state index is 10.7. The Bertz CT molecular complexity index is 258. The number of benzene rings is 1. The van der Waals surface area contributed by atoms with Crippen LogP contribution in [0.3, 0.4) is 0 Å². The lowest BCUT2D eigenvalue weighted by molar-refractivity contribution is -0.109. The van der Waals surface area contributed by atoms with E-state index < -0.39 is 0 Å². The van der Waals surface area contributed by atoms with Gasteiger partial charge in [0, 0.05) is 11.8 Å². The molecule has 11 heavy (non-hydrogen) atoms. The number of amides is 1. The Morgan fingerprint density at radius 2 is 2.45 bits per heavy atom. The summed E-state index contributed by atoms with van der Waals surface area (Å²) in [6, 6.07) is 9.94. The van der Waals surface area contributed by atoms with Gasteiger partial charge in [0.05, 0.1) is 5.37 Å². The molecule has 55 valence electrons. The topological polar surface area (TPSA) is 29.1 Å². The summed E-state index contributed by atoms with van der Waals surface area (Å²) in [6.07, 6.45) is 0. The van der Waals surface area contributed by atoms with Gasteiger partial charge < -0.3 is 5.32 Å². The molecule has 0 spiro atoms. The van der Waals surface area contributed by atoms with Crippen molar-refractivity contribution in [2.45, 2.75) is 0 Å². The van der Waals surface area contributed by atoms with E-state index in [4.69, 9.17) is 0 Å². The highest BCUT2D eigenvalue weighted by molar-refractivity contribution is 7.80. The first-order valence-electron chi connectivity index (χ1n) is 3.06. The number of thiocarbonyl (C=S) groups is 1. The van der Waals surface area contributed by atoms with E-state index in [-0.39, 0.29) is 5.91 Å². The molecule has 0 saturated heterocycles. The molecule has 3 heteroatoms. The van der Waals surface area contributed by atoms with Crippen molar-refractivity contribution >= 4 is 29.2 Å². The number of carbonyl (C=O) groups is 1. The third-order valence-corrected chi connectivity index (χ3v) is 1.29. The van der Waals surface area contributed by atoms with E-state index in [0.29, 0.717) is 5.69 Å². The summed E-state index contributed by atoms with van der Waals surface area (Å²) in [4.78, 5) is 10.7. The highest BCUT2D eigenvalue weighted by Crippen LogP contribution is 2.02. The fraction of sp³-hybridized carbons (Fsp3) is 0. The minimum absolute atomic E-state index is 0.289. The maximum absolute atomic E-state index is 10.7. The van der Waals surface area contributed by atoms with Gasteiger partial charge >= 0.3 is 0 Å².